The largest absolute Gasteiger partial charge is 0.385 e. The molecule has 0 saturated heterocycles. The molecule has 0 heterocycles. The number of hydrogen-bond donors (Lipinski definition) is 1. The van der Waals surface area contributed by atoms with Crippen LogP contribution in [0.3, 0.4) is 0 Å². The molecule has 16 heavy (non-hydrogen) atoms. The SMILES string of the molecule is CC(C)CCC1(O)CCc2c(F)cccc21. The summed E-state index contributed by atoms with van der Waals surface area (Å²) in [5.74, 6) is 0.402. The molecule has 1 aliphatic rings. The fourth-order valence-corrected chi connectivity index (χ4v) is 2.50. The van der Waals surface area contributed by atoms with Crippen molar-refractivity contribution >= 4 is 0 Å². The van der Waals surface area contributed by atoms with Crippen molar-refractivity contribution < 1.29 is 9.50 Å². The Hall–Kier alpha value is -0.890. The maximum absolute atomic E-state index is 13.5. The van der Waals surface area contributed by atoms with E-state index in [0.29, 0.717) is 24.3 Å². The number of halogens is 1. The molecule has 1 N–H and O–H groups in total. The zero-order valence-corrected chi connectivity index (χ0v) is 9.96. The highest BCUT2D eigenvalue weighted by atomic mass is 19.1. The maximum Gasteiger partial charge on any atom is 0.126 e. The first-order chi connectivity index (χ1) is 7.53. The predicted octanol–water partition coefficient (Wildman–Crippen LogP) is 3.40. The average Bonchev–Trinajstić information content (AvgIpc) is 2.57. The van der Waals surface area contributed by atoms with E-state index in [1.54, 1.807) is 6.07 Å². The Kier molecular flexibility index (Phi) is 3.02. The third-order valence-corrected chi connectivity index (χ3v) is 3.54. The lowest BCUT2D eigenvalue weighted by atomic mass is 9.88. The Morgan fingerprint density at radius 1 is 1.44 bits per heavy atom. The second-order valence-corrected chi connectivity index (χ2v) is 5.23. The standard InChI is InChI=1S/C14H19FO/c1-10(2)6-8-14(16)9-7-11-12(14)4-3-5-13(11)15/h3-5,10,16H,6-9H2,1-2H3. The fraction of sp³-hybridized carbons (Fsp3) is 0.571. The minimum Gasteiger partial charge on any atom is -0.385 e. The molecule has 1 atom stereocenters. The van der Waals surface area contributed by atoms with Gasteiger partial charge >= 0.3 is 0 Å². The molecule has 1 nitrogen and oxygen atoms in total. The normalized spacial score (nSPS) is 23.8. The van der Waals surface area contributed by atoms with E-state index in [1.165, 1.54) is 6.07 Å². The van der Waals surface area contributed by atoms with E-state index >= 15 is 0 Å². The quantitative estimate of drug-likeness (QED) is 0.831. The Labute approximate surface area is 96.3 Å². The van der Waals surface area contributed by atoms with Gasteiger partial charge in [0.25, 0.3) is 0 Å². The Bertz CT molecular complexity index is 386. The summed E-state index contributed by atoms with van der Waals surface area (Å²) >= 11 is 0. The first-order valence-corrected chi connectivity index (χ1v) is 6.03. The van der Waals surface area contributed by atoms with E-state index in [9.17, 15) is 9.50 Å². The van der Waals surface area contributed by atoms with E-state index in [1.807, 2.05) is 6.07 Å². The Morgan fingerprint density at radius 3 is 2.88 bits per heavy atom. The molecule has 1 aliphatic carbocycles. The second-order valence-electron chi connectivity index (χ2n) is 5.23. The molecular formula is C14H19FO. The van der Waals surface area contributed by atoms with Gasteiger partial charge in [0.2, 0.25) is 0 Å². The highest BCUT2D eigenvalue weighted by Gasteiger charge is 2.37. The van der Waals surface area contributed by atoms with Crippen LogP contribution in [0.5, 0.6) is 0 Å². The van der Waals surface area contributed by atoms with Crippen molar-refractivity contribution in [1.29, 1.82) is 0 Å². The van der Waals surface area contributed by atoms with Gasteiger partial charge in [0, 0.05) is 0 Å². The Balaban J connectivity index is 2.25. The lowest BCUT2D eigenvalue weighted by molar-refractivity contribution is 0.0241. The van der Waals surface area contributed by atoms with E-state index in [0.717, 1.165) is 18.4 Å². The van der Waals surface area contributed by atoms with Crippen molar-refractivity contribution in [2.24, 2.45) is 5.92 Å². The first-order valence-electron chi connectivity index (χ1n) is 6.03. The van der Waals surface area contributed by atoms with Crippen LogP contribution in [0.15, 0.2) is 18.2 Å². The summed E-state index contributed by atoms with van der Waals surface area (Å²) in [5, 5.41) is 10.6. The van der Waals surface area contributed by atoms with Gasteiger partial charge in [-0.2, -0.15) is 0 Å². The number of benzene rings is 1. The summed E-state index contributed by atoms with van der Waals surface area (Å²) in [6.07, 6.45) is 3.04. The minimum absolute atomic E-state index is 0.169. The summed E-state index contributed by atoms with van der Waals surface area (Å²) in [6, 6.07) is 5.04. The van der Waals surface area contributed by atoms with E-state index < -0.39 is 5.60 Å². The predicted molar refractivity (Wildman–Crippen MR) is 62.7 cm³/mol. The van der Waals surface area contributed by atoms with Gasteiger partial charge in [-0.3, -0.25) is 0 Å². The van der Waals surface area contributed by atoms with Crippen LogP contribution in [-0.2, 0) is 12.0 Å². The van der Waals surface area contributed by atoms with Gasteiger partial charge in [-0.25, -0.2) is 4.39 Å². The third kappa shape index (κ3) is 1.99. The smallest absolute Gasteiger partial charge is 0.126 e. The van der Waals surface area contributed by atoms with E-state index in [-0.39, 0.29) is 5.82 Å². The lowest BCUT2D eigenvalue weighted by Crippen LogP contribution is -2.22. The van der Waals surface area contributed by atoms with Crippen LogP contribution >= 0.6 is 0 Å². The zero-order chi connectivity index (χ0) is 11.8. The van der Waals surface area contributed by atoms with Gasteiger partial charge in [0.05, 0.1) is 5.60 Å². The van der Waals surface area contributed by atoms with Crippen molar-refractivity contribution in [1.82, 2.24) is 0 Å². The van der Waals surface area contributed by atoms with Gasteiger partial charge < -0.3 is 5.11 Å². The first kappa shape index (κ1) is 11.6. The number of hydrogen-bond acceptors (Lipinski definition) is 1. The number of fused-ring (bicyclic) bond motifs is 1. The summed E-state index contributed by atoms with van der Waals surface area (Å²) in [5.41, 5.74) is 0.740. The molecule has 0 amide bonds. The van der Waals surface area contributed by atoms with Crippen molar-refractivity contribution in [3.05, 3.63) is 35.1 Å². The van der Waals surface area contributed by atoms with Crippen LogP contribution < -0.4 is 0 Å². The molecule has 2 heteroatoms. The topological polar surface area (TPSA) is 20.2 Å². The van der Waals surface area contributed by atoms with Gasteiger partial charge in [-0.15, -0.1) is 0 Å². The van der Waals surface area contributed by atoms with Crippen LogP contribution in [-0.4, -0.2) is 5.11 Å². The van der Waals surface area contributed by atoms with Gasteiger partial charge in [0.1, 0.15) is 5.82 Å². The van der Waals surface area contributed by atoms with Crippen LogP contribution in [0.1, 0.15) is 44.2 Å². The van der Waals surface area contributed by atoms with Crippen LogP contribution in [0, 0.1) is 11.7 Å². The minimum atomic E-state index is -0.790. The van der Waals surface area contributed by atoms with Gasteiger partial charge in [-0.1, -0.05) is 26.0 Å². The molecule has 0 saturated carbocycles. The van der Waals surface area contributed by atoms with Crippen molar-refractivity contribution in [3.63, 3.8) is 0 Å². The molecule has 0 fully saturated rings. The molecule has 0 radical (unpaired) electrons. The Morgan fingerprint density at radius 2 is 2.19 bits per heavy atom. The summed E-state index contributed by atoms with van der Waals surface area (Å²) < 4.78 is 13.5. The van der Waals surface area contributed by atoms with Crippen molar-refractivity contribution in [3.8, 4) is 0 Å². The summed E-state index contributed by atoms with van der Waals surface area (Å²) in [4.78, 5) is 0. The molecule has 1 unspecified atom stereocenters. The van der Waals surface area contributed by atoms with Gasteiger partial charge in [0.15, 0.2) is 0 Å². The average molecular weight is 222 g/mol. The number of aliphatic hydroxyl groups is 1. The molecule has 0 aromatic heterocycles. The molecule has 88 valence electrons. The second kappa shape index (κ2) is 4.17. The summed E-state index contributed by atoms with van der Waals surface area (Å²) in [6.45, 7) is 4.29. The molecule has 2 rings (SSSR count). The molecular weight excluding hydrogens is 203 g/mol. The van der Waals surface area contributed by atoms with Crippen LogP contribution in [0.25, 0.3) is 0 Å². The van der Waals surface area contributed by atoms with E-state index in [2.05, 4.69) is 13.8 Å². The lowest BCUT2D eigenvalue weighted by Gasteiger charge is -2.25. The summed E-state index contributed by atoms with van der Waals surface area (Å²) in [7, 11) is 0. The highest BCUT2D eigenvalue weighted by Crippen LogP contribution is 2.41. The number of rotatable bonds is 3. The maximum atomic E-state index is 13.5. The monoisotopic (exact) mass is 222 g/mol. The fourth-order valence-electron chi connectivity index (χ4n) is 2.50. The van der Waals surface area contributed by atoms with Crippen LogP contribution in [0.2, 0.25) is 0 Å². The van der Waals surface area contributed by atoms with Crippen molar-refractivity contribution in [2.45, 2.75) is 45.1 Å². The molecule has 0 bridgehead atoms. The molecule has 0 aliphatic heterocycles. The third-order valence-electron chi connectivity index (χ3n) is 3.54. The molecule has 1 aromatic rings. The van der Waals surface area contributed by atoms with E-state index in [4.69, 9.17) is 0 Å². The van der Waals surface area contributed by atoms with Crippen LogP contribution in [0.4, 0.5) is 4.39 Å². The molecule has 1 aromatic carbocycles. The molecule has 0 spiro atoms. The zero-order valence-electron chi connectivity index (χ0n) is 9.96. The van der Waals surface area contributed by atoms with Crippen molar-refractivity contribution in [2.75, 3.05) is 0 Å². The highest BCUT2D eigenvalue weighted by molar-refractivity contribution is 5.38. The van der Waals surface area contributed by atoms with Gasteiger partial charge in [-0.05, 0) is 48.8 Å².